The highest BCUT2D eigenvalue weighted by Gasteiger charge is 2.25. The van der Waals surface area contributed by atoms with Crippen LogP contribution in [0.25, 0.3) is 10.9 Å². The van der Waals surface area contributed by atoms with Crippen LogP contribution < -0.4 is 0 Å². The van der Waals surface area contributed by atoms with Crippen LogP contribution in [0.15, 0.2) is 30.3 Å². The third kappa shape index (κ3) is 4.41. The van der Waals surface area contributed by atoms with E-state index < -0.39 is 7.60 Å². The molecule has 0 saturated carbocycles. The monoisotopic (exact) mass is 351 g/mol. The van der Waals surface area contributed by atoms with Gasteiger partial charge in [0, 0.05) is 5.39 Å². The van der Waals surface area contributed by atoms with Crippen molar-refractivity contribution in [1.82, 2.24) is 4.98 Å². The molecule has 0 unspecified atom stereocenters. The van der Waals surface area contributed by atoms with Crippen LogP contribution in [0.4, 0.5) is 0 Å². The quantitative estimate of drug-likeness (QED) is 0.525. The fourth-order valence-corrected chi connectivity index (χ4v) is 4.01. The van der Waals surface area contributed by atoms with Gasteiger partial charge in [0.25, 0.3) is 0 Å². The second kappa shape index (κ2) is 8.38. The summed E-state index contributed by atoms with van der Waals surface area (Å²) in [6.45, 7) is 6.22. The number of hydrogen-bond donors (Lipinski definition) is 0. The molecule has 2 rings (SSSR count). The number of hydrogen-bond acceptors (Lipinski definition) is 6. The van der Waals surface area contributed by atoms with E-state index in [2.05, 4.69) is 4.98 Å². The molecule has 1 heterocycles. The maximum atomic E-state index is 12.6. The van der Waals surface area contributed by atoms with Crippen LogP contribution in [0.5, 0.6) is 0 Å². The maximum Gasteiger partial charge on any atom is 0.338 e. The molecule has 1 aromatic carbocycles. The minimum absolute atomic E-state index is 0.0915. The lowest BCUT2D eigenvalue weighted by Crippen LogP contribution is -2.06. The van der Waals surface area contributed by atoms with E-state index >= 15 is 0 Å². The van der Waals surface area contributed by atoms with Gasteiger partial charge in [-0.15, -0.1) is 0 Å². The SMILES string of the molecule is CCOC(=O)c1cccc2nc(CP(=O)(OCC)OCC)ccc12. The lowest BCUT2D eigenvalue weighted by atomic mass is 10.1. The van der Waals surface area contributed by atoms with Gasteiger partial charge in [-0.2, -0.15) is 0 Å². The molecule has 24 heavy (non-hydrogen) atoms. The molecular formula is C17H22NO5P. The fourth-order valence-electron chi connectivity index (χ4n) is 2.39. The predicted molar refractivity (Wildman–Crippen MR) is 92.3 cm³/mol. The number of pyridine rings is 1. The van der Waals surface area contributed by atoms with Crippen molar-refractivity contribution in [2.75, 3.05) is 19.8 Å². The van der Waals surface area contributed by atoms with E-state index in [4.69, 9.17) is 13.8 Å². The van der Waals surface area contributed by atoms with Crippen molar-refractivity contribution in [3.8, 4) is 0 Å². The molecule has 6 nitrogen and oxygen atoms in total. The smallest absolute Gasteiger partial charge is 0.338 e. The number of esters is 1. The van der Waals surface area contributed by atoms with E-state index in [1.165, 1.54) is 0 Å². The normalized spacial score (nSPS) is 11.6. The molecule has 2 aromatic rings. The summed E-state index contributed by atoms with van der Waals surface area (Å²) in [5.74, 6) is -0.382. The minimum Gasteiger partial charge on any atom is -0.462 e. The lowest BCUT2D eigenvalue weighted by Gasteiger charge is -2.16. The Hall–Kier alpha value is -1.75. The van der Waals surface area contributed by atoms with Gasteiger partial charge in [-0.25, -0.2) is 4.79 Å². The number of rotatable bonds is 8. The Balaban J connectivity index is 2.35. The van der Waals surface area contributed by atoms with Gasteiger partial charge in [-0.05, 0) is 39.0 Å². The Kier molecular flexibility index (Phi) is 6.49. The Morgan fingerprint density at radius 2 is 1.75 bits per heavy atom. The molecule has 0 aliphatic carbocycles. The Bertz CT molecular complexity index is 752. The van der Waals surface area contributed by atoms with Crippen molar-refractivity contribution in [1.29, 1.82) is 0 Å². The number of benzene rings is 1. The summed E-state index contributed by atoms with van der Waals surface area (Å²) in [6, 6.07) is 8.76. The highest BCUT2D eigenvalue weighted by Crippen LogP contribution is 2.51. The van der Waals surface area contributed by atoms with Crippen LogP contribution in [0.3, 0.4) is 0 Å². The van der Waals surface area contributed by atoms with Crippen LogP contribution in [-0.4, -0.2) is 30.8 Å². The summed E-state index contributed by atoms with van der Waals surface area (Å²) in [4.78, 5) is 16.5. The van der Waals surface area contributed by atoms with E-state index in [0.717, 1.165) is 0 Å². The molecule has 0 amide bonds. The van der Waals surface area contributed by atoms with Crippen molar-refractivity contribution in [2.24, 2.45) is 0 Å². The Morgan fingerprint density at radius 3 is 2.38 bits per heavy atom. The first kappa shape index (κ1) is 18.6. The molecule has 0 radical (unpaired) electrons. The maximum absolute atomic E-state index is 12.6. The van der Waals surface area contributed by atoms with Gasteiger partial charge < -0.3 is 13.8 Å². The van der Waals surface area contributed by atoms with Gasteiger partial charge in [0.05, 0.1) is 42.8 Å². The summed E-state index contributed by atoms with van der Waals surface area (Å²) in [6.07, 6.45) is 0.0915. The van der Waals surface area contributed by atoms with Crippen molar-refractivity contribution in [3.05, 3.63) is 41.6 Å². The van der Waals surface area contributed by atoms with E-state index in [1.807, 2.05) is 0 Å². The molecule has 7 heteroatoms. The van der Waals surface area contributed by atoms with E-state index in [1.54, 1.807) is 51.1 Å². The summed E-state index contributed by atoms with van der Waals surface area (Å²) in [5.41, 5.74) is 1.69. The van der Waals surface area contributed by atoms with Crippen molar-refractivity contribution >= 4 is 24.5 Å². The summed E-state index contributed by atoms with van der Waals surface area (Å²) in [5, 5.41) is 0.697. The predicted octanol–water partition coefficient (Wildman–Crippen LogP) is 4.18. The van der Waals surface area contributed by atoms with Gasteiger partial charge in [-0.3, -0.25) is 9.55 Å². The summed E-state index contributed by atoms with van der Waals surface area (Å²) < 4.78 is 28.3. The number of ether oxygens (including phenoxy) is 1. The first-order valence-electron chi connectivity index (χ1n) is 7.97. The third-order valence-electron chi connectivity index (χ3n) is 3.29. The van der Waals surface area contributed by atoms with Crippen molar-refractivity contribution in [3.63, 3.8) is 0 Å². The average Bonchev–Trinajstić information content (AvgIpc) is 2.54. The summed E-state index contributed by atoms with van der Waals surface area (Å²) >= 11 is 0. The van der Waals surface area contributed by atoms with Gasteiger partial charge in [0.15, 0.2) is 0 Å². The molecular weight excluding hydrogens is 329 g/mol. The second-order valence-electron chi connectivity index (χ2n) is 5.00. The average molecular weight is 351 g/mol. The largest absolute Gasteiger partial charge is 0.462 e. The molecule has 0 N–H and O–H groups in total. The van der Waals surface area contributed by atoms with Crippen LogP contribution in [-0.2, 0) is 24.5 Å². The topological polar surface area (TPSA) is 74.7 Å². The van der Waals surface area contributed by atoms with Crippen molar-refractivity contribution < 1.29 is 23.1 Å². The highest BCUT2D eigenvalue weighted by atomic mass is 31.2. The molecule has 0 fully saturated rings. The fraction of sp³-hybridized carbons (Fsp3) is 0.412. The zero-order valence-electron chi connectivity index (χ0n) is 14.2. The molecule has 0 saturated heterocycles. The summed E-state index contributed by atoms with van der Waals surface area (Å²) in [7, 11) is -3.21. The van der Waals surface area contributed by atoms with Crippen LogP contribution in [0.2, 0.25) is 0 Å². The zero-order chi connectivity index (χ0) is 17.6. The van der Waals surface area contributed by atoms with Gasteiger partial charge in [0.2, 0.25) is 0 Å². The number of aromatic nitrogens is 1. The lowest BCUT2D eigenvalue weighted by molar-refractivity contribution is 0.0528. The third-order valence-corrected chi connectivity index (χ3v) is 5.31. The first-order chi connectivity index (χ1) is 11.5. The number of fused-ring (bicyclic) bond motifs is 1. The Labute approximate surface area is 141 Å². The first-order valence-corrected chi connectivity index (χ1v) is 9.69. The van der Waals surface area contributed by atoms with Gasteiger partial charge in [-0.1, -0.05) is 12.1 Å². The number of nitrogens with zero attached hydrogens (tertiary/aromatic N) is 1. The van der Waals surface area contributed by atoms with Gasteiger partial charge >= 0.3 is 13.6 Å². The highest BCUT2D eigenvalue weighted by molar-refractivity contribution is 7.53. The second-order valence-corrected chi connectivity index (χ2v) is 7.05. The molecule has 0 aliphatic heterocycles. The van der Waals surface area contributed by atoms with E-state index in [-0.39, 0.29) is 12.1 Å². The van der Waals surface area contributed by atoms with Crippen LogP contribution >= 0.6 is 7.60 Å². The van der Waals surface area contributed by atoms with E-state index in [0.29, 0.717) is 42.0 Å². The van der Waals surface area contributed by atoms with E-state index in [9.17, 15) is 9.36 Å². The number of carbonyl (C=O) groups excluding carboxylic acids is 1. The zero-order valence-corrected chi connectivity index (χ0v) is 15.0. The standard InChI is InChI=1S/C17H22NO5P/c1-4-21-17(19)15-8-7-9-16-14(15)11-10-13(18-16)12-24(20,22-5-2)23-6-3/h7-11H,4-6,12H2,1-3H3. The van der Waals surface area contributed by atoms with Crippen LogP contribution in [0, 0.1) is 0 Å². The molecule has 0 bridgehead atoms. The molecule has 0 spiro atoms. The molecule has 0 atom stereocenters. The van der Waals surface area contributed by atoms with Gasteiger partial charge in [0.1, 0.15) is 0 Å². The molecule has 1 aromatic heterocycles. The Morgan fingerprint density at radius 1 is 1.04 bits per heavy atom. The van der Waals surface area contributed by atoms with Crippen molar-refractivity contribution in [2.45, 2.75) is 26.9 Å². The number of carbonyl (C=O) groups is 1. The molecule has 0 aliphatic rings. The molecule has 130 valence electrons. The van der Waals surface area contributed by atoms with Crippen LogP contribution in [0.1, 0.15) is 36.8 Å². The minimum atomic E-state index is -3.21.